The number of aliphatic hydroxyl groups is 1. The van der Waals surface area contributed by atoms with Gasteiger partial charge in [-0.15, -0.1) is 0 Å². The van der Waals surface area contributed by atoms with E-state index >= 15 is 0 Å². The fourth-order valence-corrected chi connectivity index (χ4v) is 2.67. The predicted octanol–water partition coefficient (Wildman–Crippen LogP) is 2.89. The molecule has 0 unspecified atom stereocenters. The summed E-state index contributed by atoms with van der Waals surface area (Å²) in [5.41, 5.74) is 0.888. The molecule has 0 saturated carbocycles. The van der Waals surface area contributed by atoms with Gasteiger partial charge in [-0.3, -0.25) is 4.79 Å². The highest BCUT2D eigenvalue weighted by Crippen LogP contribution is 2.29. The average Bonchev–Trinajstić information content (AvgIpc) is 2.51. The average molecular weight is 354 g/mol. The Hall–Kier alpha value is -1.33. The van der Waals surface area contributed by atoms with Crippen LogP contribution in [0.4, 0.5) is 0 Å². The molecule has 5 heteroatoms. The molecule has 2 N–H and O–H groups in total. The molecular weight excluding hydrogens is 334 g/mol. The monoisotopic (exact) mass is 353 g/mol. The van der Waals surface area contributed by atoms with Crippen molar-refractivity contribution < 1.29 is 14.6 Å². The van der Waals surface area contributed by atoms with Crippen LogP contribution in [0.5, 0.6) is 5.75 Å². The predicted molar refractivity (Wildman–Crippen MR) is 86.2 cm³/mol. The molecule has 1 amide bonds. The van der Waals surface area contributed by atoms with E-state index in [0.717, 1.165) is 15.8 Å². The Morgan fingerprint density at radius 1 is 1.43 bits per heavy atom. The number of hydrogen-bond acceptors (Lipinski definition) is 3. The SMILES string of the molecule is CCC(CC)(CO)NC(=O)C1=Cc2cc(Br)ccc2OC1. The summed E-state index contributed by atoms with van der Waals surface area (Å²) in [6.45, 7) is 4.09. The van der Waals surface area contributed by atoms with Crippen molar-refractivity contribution in [1.29, 1.82) is 0 Å². The van der Waals surface area contributed by atoms with Crippen LogP contribution in [0.3, 0.4) is 0 Å². The first-order valence-electron chi connectivity index (χ1n) is 7.10. The first kappa shape index (κ1) is 16.0. The molecule has 1 aromatic rings. The quantitative estimate of drug-likeness (QED) is 0.855. The Morgan fingerprint density at radius 2 is 2.14 bits per heavy atom. The van der Waals surface area contributed by atoms with Gasteiger partial charge in [-0.1, -0.05) is 29.8 Å². The first-order valence-corrected chi connectivity index (χ1v) is 7.89. The number of aliphatic hydroxyl groups excluding tert-OH is 1. The van der Waals surface area contributed by atoms with Crippen molar-refractivity contribution >= 4 is 27.9 Å². The minimum absolute atomic E-state index is 0.0674. The molecule has 0 spiro atoms. The van der Waals surface area contributed by atoms with Crippen LogP contribution in [0.15, 0.2) is 28.2 Å². The summed E-state index contributed by atoms with van der Waals surface area (Å²) in [4.78, 5) is 12.4. The molecule has 0 bridgehead atoms. The lowest BCUT2D eigenvalue weighted by atomic mass is 9.93. The molecule has 1 heterocycles. The summed E-state index contributed by atoms with van der Waals surface area (Å²) in [6, 6.07) is 5.70. The van der Waals surface area contributed by atoms with Gasteiger partial charge >= 0.3 is 0 Å². The Morgan fingerprint density at radius 3 is 2.76 bits per heavy atom. The molecule has 2 rings (SSSR count). The van der Waals surface area contributed by atoms with E-state index in [1.165, 1.54) is 0 Å². The van der Waals surface area contributed by atoms with Crippen LogP contribution < -0.4 is 10.1 Å². The van der Waals surface area contributed by atoms with Crippen LogP contribution in [0, 0.1) is 0 Å². The third kappa shape index (κ3) is 3.47. The fourth-order valence-electron chi connectivity index (χ4n) is 2.29. The van der Waals surface area contributed by atoms with E-state index in [1.807, 2.05) is 38.1 Å². The molecule has 4 nitrogen and oxygen atoms in total. The topological polar surface area (TPSA) is 58.6 Å². The summed E-state index contributed by atoms with van der Waals surface area (Å²) in [5, 5.41) is 12.5. The second-order valence-electron chi connectivity index (χ2n) is 5.24. The number of rotatable bonds is 5. The minimum Gasteiger partial charge on any atom is -0.488 e. The van der Waals surface area contributed by atoms with E-state index in [4.69, 9.17) is 4.74 Å². The Bertz CT molecular complexity index is 556. The van der Waals surface area contributed by atoms with Gasteiger partial charge in [0.05, 0.1) is 17.7 Å². The van der Waals surface area contributed by atoms with Gasteiger partial charge in [0.2, 0.25) is 0 Å². The summed E-state index contributed by atoms with van der Waals surface area (Å²) >= 11 is 3.41. The van der Waals surface area contributed by atoms with Gasteiger partial charge in [0.1, 0.15) is 12.4 Å². The van der Waals surface area contributed by atoms with E-state index in [1.54, 1.807) is 0 Å². The zero-order chi connectivity index (χ0) is 15.5. The van der Waals surface area contributed by atoms with E-state index in [2.05, 4.69) is 21.2 Å². The Kier molecular flexibility index (Phi) is 5.06. The number of hydrogen-bond donors (Lipinski definition) is 2. The summed E-state index contributed by atoms with van der Waals surface area (Å²) in [5.74, 6) is 0.590. The number of ether oxygens (including phenoxy) is 1. The molecule has 1 aliphatic rings. The molecule has 0 fully saturated rings. The summed E-state index contributed by atoms with van der Waals surface area (Å²) in [6.07, 6.45) is 3.20. The Labute approximate surface area is 133 Å². The molecule has 1 aromatic carbocycles. The van der Waals surface area contributed by atoms with Crippen LogP contribution in [0.25, 0.3) is 6.08 Å². The maximum Gasteiger partial charge on any atom is 0.251 e. The molecule has 0 aliphatic carbocycles. The van der Waals surface area contributed by atoms with Gasteiger partial charge in [-0.05, 0) is 37.1 Å². The van der Waals surface area contributed by atoms with Crippen LogP contribution in [-0.2, 0) is 4.79 Å². The number of fused-ring (bicyclic) bond motifs is 1. The van der Waals surface area contributed by atoms with Crippen molar-refractivity contribution in [2.24, 2.45) is 0 Å². The maximum absolute atomic E-state index is 12.4. The van der Waals surface area contributed by atoms with Crippen molar-refractivity contribution in [2.75, 3.05) is 13.2 Å². The number of carbonyl (C=O) groups excluding carboxylic acids is 1. The normalized spacial score (nSPS) is 14.0. The van der Waals surface area contributed by atoms with Crippen molar-refractivity contribution in [1.82, 2.24) is 5.32 Å². The van der Waals surface area contributed by atoms with E-state index in [-0.39, 0.29) is 19.1 Å². The lowest BCUT2D eigenvalue weighted by Gasteiger charge is -2.31. The minimum atomic E-state index is -0.560. The highest BCUT2D eigenvalue weighted by molar-refractivity contribution is 9.10. The van der Waals surface area contributed by atoms with Gasteiger partial charge < -0.3 is 15.2 Å². The zero-order valence-corrected chi connectivity index (χ0v) is 13.9. The van der Waals surface area contributed by atoms with Crippen LogP contribution in [0.2, 0.25) is 0 Å². The fraction of sp³-hybridized carbons (Fsp3) is 0.438. The van der Waals surface area contributed by atoms with Crippen LogP contribution >= 0.6 is 15.9 Å². The van der Waals surface area contributed by atoms with E-state index in [0.29, 0.717) is 18.4 Å². The van der Waals surface area contributed by atoms with Crippen LogP contribution in [0.1, 0.15) is 32.3 Å². The number of amides is 1. The lowest BCUT2D eigenvalue weighted by Crippen LogP contribution is -2.51. The van der Waals surface area contributed by atoms with E-state index in [9.17, 15) is 9.90 Å². The number of halogens is 1. The van der Waals surface area contributed by atoms with Gasteiger partial charge in [0.25, 0.3) is 5.91 Å². The Balaban J connectivity index is 2.21. The number of nitrogens with one attached hydrogen (secondary N) is 1. The maximum atomic E-state index is 12.4. The second-order valence-corrected chi connectivity index (χ2v) is 6.16. The van der Waals surface area contributed by atoms with Crippen LogP contribution in [-0.4, -0.2) is 29.8 Å². The molecule has 0 atom stereocenters. The highest BCUT2D eigenvalue weighted by Gasteiger charge is 2.29. The number of carbonyl (C=O) groups is 1. The third-order valence-electron chi connectivity index (χ3n) is 4.01. The zero-order valence-electron chi connectivity index (χ0n) is 12.3. The molecular formula is C16H20BrNO3. The van der Waals surface area contributed by atoms with Gasteiger partial charge in [0, 0.05) is 10.0 Å². The smallest absolute Gasteiger partial charge is 0.251 e. The largest absolute Gasteiger partial charge is 0.488 e. The van der Waals surface area contributed by atoms with Crippen molar-refractivity contribution in [3.8, 4) is 5.75 Å². The van der Waals surface area contributed by atoms with Crippen molar-refractivity contribution in [3.63, 3.8) is 0 Å². The van der Waals surface area contributed by atoms with Gasteiger partial charge in [0.15, 0.2) is 0 Å². The second kappa shape index (κ2) is 6.62. The third-order valence-corrected chi connectivity index (χ3v) is 4.50. The molecule has 21 heavy (non-hydrogen) atoms. The standard InChI is InChI=1S/C16H20BrNO3/c1-3-16(4-2,10-19)18-15(20)12-7-11-8-13(17)5-6-14(11)21-9-12/h5-8,19H,3-4,9-10H2,1-2H3,(H,18,20). The van der Waals surface area contributed by atoms with Gasteiger partial charge in [-0.2, -0.15) is 0 Å². The molecule has 0 aromatic heterocycles. The highest BCUT2D eigenvalue weighted by atomic mass is 79.9. The van der Waals surface area contributed by atoms with E-state index < -0.39 is 5.54 Å². The molecule has 114 valence electrons. The van der Waals surface area contributed by atoms with Gasteiger partial charge in [-0.25, -0.2) is 0 Å². The molecule has 0 radical (unpaired) electrons. The lowest BCUT2D eigenvalue weighted by molar-refractivity contribution is -0.120. The molecule has 1 aliphatic heterocycles. The summed E-state index contributed by atoms with van der Waals surface area (Å²) in [7, 11) is 0. The summed E-state index contributed by atoms with van der Waals surface area (Å²) < 4.78 is 6.55. The van der Waals surface area contributed by atoms with Crippen molar-refractivity contribution in [2.45, 2.75) is 32.2 Å². The molecule has 0 saturated heterocycles. The first-order chi connectivity index (χ1) is 10.0. The number of benzene rings is 1. The van der Waals surface area contributed by atoms with Crippen molar-refractivity contribution in [3.05, 3.63) is 33.8 Å².